The van der Waals surface area contributed by atoms with Gasteiger partial charge in [-0.1, -0.05) is 30.3 Å². The van der Waals surface area contributed by atoms with Crippen molar-refractivity contribution in [1.29, 1.82) is 0 Å². The van der Waals surface area contributed by atoms with Gasteiger partial charge < -0.3 is 9.64 Å². The average Bonchev–Trinajstić information content (AvgIpc) is 3.14. The first-order valence-electron chi connectivity index (χ1n) is 8.72. The van der Waals surface area contributed by atoms with Crippen LogP contribution in [0.15, 0.2) is 48.8 Å². The monoisotopic (exact) mass is 327 g/mol. The molecule has 1 aliphatic heterocycles. The van der Waals surface area contributed by atoms with Crippen LogP contribution in [-0.2, 0) is 22.5 Å². The Morgan fingerprint density at radius 3 is 2.92 bits per heavy atom. The topological polar surface area (TPSA) is 47.4 Å². The van der Waals surface area contributed by atoms with Crippen molar-refractivity contribution in [3.05, 3.63) is 54.4 Å². The van der Waals surface area contributed by atoms with E-state index in [1.807, 2.05) is 23.2 Å². The molecule has 128 valence electrons. The van der Waals surface area contributed by atoms with Crippen LogP contribution in [0.5, 0.6) is 0 Å². The van der Waals surface area contributed by atoms with Crippen LogP contribution in [0.3, 0.4) is 0 Å². The lowest BCUT2D eigenvalue weighted by Gasteiger charge is -2.33. The van der Waals surface area contributed by atoms with Crippen molar-refractivity contribution in [2.75, 3.05) is 19.7 Å². The zero-order valence-electron chi connectivity index (χ0n) is 14.0. The summed E-state index contributed by atoms with van der Waals surface area (Å²) in [5.41, 5.74) is 1.36. The number of aryl methyl sites for hydroxylation is 2. The molecule has 5 heteroatoms. The van der Waals surface area contributed by atoms with E-state index in [9.17, 15) is 4.79 Å². The molecule has 2 aromatic rings. The standard InChI is InChI=1S/C19H25N3O2/c23-19(10-13-22-12-5-11-20-22)21-14-15-24-18(16-21)9-4-8-17-6-2-1-3-7-17/h1-3,5-7,11-12,18H,4,8-10,13-16H2. The molecule has 5 nitrogen and oxygen atoms in total. The van der Waals surface area contributed by atoms with Crippen LogP contribution >= 0.6 is 0 Å². The maximum absolute atomic E-state index is 12.4. The number of nitrogens with zero attached hydrogens (tertiary/aromatic N) is 3. The molecular formula is C19H25N3O2. The Morgan fingerprint density at radius 1 is 1.25 bits per heavy atom. The Labute approximate surface area is 143 Å². The highest BCUT2D eigenvalue weighted by molar-refractivity contribution is 5.76. The van der Waals surface area contributed by atoms with Gasteiger partial charge in [-0.2, -0.15) is 5.10 Å². The molecule has 1 amide bonds. The lowest BCUT2D eigenvalue weighted by Crippen LogP contribution is -2.45. The summed E-state index contributed by atoms with van der Waals surface area (Å²) in [5.74, 6) is 0.196. The van der Waals surface area contributed by atoms with Crippen LogP contribution in [-0.4, -0.2) is 46.4 Å². The molecule has 1 fully saturated rings. The van der Waals surface area contributed by atoms with Crippen LogP contribution in [0.25, 0.3) is 0 Å². The number of hydrogen-bond acceptors (Lipinski definition) is 3. The number of morpholine rings is 1. The van der Waals surface area contributed by atoms with Gasteiger partial charge in [0.15, 0.2) is 0 Å². The van der Waals surface area contributed by atoms with E-state index in [4.69, 9.17) is 4.74 Å². The largest absolute Gasteiger partial charge is 0.375 e. The van der Waals surface area contributed by atoms with Crippen LogP contribution in [0.1, 0.15) is 24.8 Å². The van der Waals surface area contributed by atoms with Crippen molar-refractivity contribution in [1.82, 2.24) is 14.7 Å². The number of ether oxygens (including phenoxy) is 1. The van der Waals surface area contributed by atoms with E-state index in [1.54, 1.807) is 10.9 Å². The van der Waals surface area contributed by atoms with Gasteiger partial charge in [0.2, 0.25) is 5.91 Å². The minimum atomic E-state index is 0.163. The molecule has 0 radical (unpaired) electrons. The van der Waals surface area contributed by atoms with Crippen molar-refractivity contribution in [3.63, 3.8) is 0 Å². The van der Waals surface area contributed by atoms with Gasteiger partial charge >= 0.3 is 0 Å². The van der Waals surface area contributed by atoms with Crippen LogP contribution in [0.2, 0.25) is 0 Å². The number of carbonyl (C=O) groups is 1. The molecule has 3 rings (SSSR count). The summed E-state index contributed by atoms with van der Waals surface area (Å²) in [6.45, 7) is 2.70. The number of amides is 1. The Hall–Kier alpha value is -2.14. The molecule has 0 N–H and O–H groups in total. The Bertz CT molecular complexity index is 613. The van der Waals surface area contributed by atoms with E-state index in [0.717, 1.165) is 19.3 Å². The number of hydrogen-bond donors (Lipinski definition) is 0. The molecule has 0 spiro atoms. The van der Waals surface area contributed by atoms with Gasteiger partial charge in [-0.15, -0.1) is 0 Å². The second-order valence-electron chi connectivity index (χ2n) is 6.23. The number of carbonyl (C=O) groups excluding carboxylic acids is 1. The molecule has 1 aromatic heterocycles. The van der Waals surface area contributed by atoms with Crippen molar-refractivity contribution < 1.29 is 9.53 Å². The smallest absolute Gasteiger partial charge is 0.224 e. The van der Waals surface area contributed by atoms with Crippen molar-refractivity contribution in [3.8, 4) is 0 Å². The SMILES string of the molecule is O=C(CCn1cccn1)N1CCOC(CCCc2ccccc2)C1. The van der Waals surface area contributed by atoms with E-state index in [1.165, 1.54) is 5.56 Å². The second kappa shape index (κ2) is 8.64. The average molecular weight is 327 g/mol. The molecule has 0 bridgehead atoms. The lowest BCUT2D eigenvalue weighted by atomic mass is 10.0. The Kier molecular flexibility index (Phi) is 6.01. The molecule has 1 saturated heterocycles. The first-order valence-corrected chi connectivity index (χ1v) is 8.72. The maximum atomic E-state index is 12.4. The van der Waals surface area contributed by atoms with Crippen LogP contribution in [0, 0.1) is 0 Å². The summed E-state index contributed by atoms with van der Waals surface area (Å²) in [6, 6.07) is 12.4. The summed E-state index contributed by atoms with van der Waals surface area (Å²) >= 11 is 0. The summed E-state index contributed by atoms with van der Waals surface area (Å²) in [7, 11) is 0. The predicted molar refractivity (Wildman–Crippen MR) is 92.5 cm³/mol. The van der Waals surface area contributed by atoms with Gasteiger partial charge in [0.05, 0.1) is 12.7 Å². The van der Waals surface area contributed by atoms with Gasteiger partial charge in [-0.3, -0.25) is 9.48 Å². The highest BCUT2D eigenvalue weighted by Crippen LogP contribution is 2.14. The molecular weight excluding hydrogens is 302 g/mol. The predicted octanol–water partition coefficient (Wildman–Crippen LogP) is 2.52. The number of benzene rings is 1. The molecule has 1 aliphatic rings. The maximum Gasteiger partial charge on any atom is 0.224 e. The zero-order valence-corrected chi connectivity index (χ0v) is 14.0. The van der Waals surface area contributed by atoms with Gasteiger partial charge in [0.25, 0.3) is 0 Å². The van der Waals surface area contributed by atoms with Gasteiger partial charge in [-0.25, -0.2) is 0 Å². The van der Waals surface area contributed by atoms with Crippen molar-refractivity contribution in [2.24, 2.45) is 0 Å². The molecule has 0 aliphatic carbocycles. The van der Waals surface area contributed by atoms with Crippen molar-refractivity contribution >= 4 is 5.91 Å². The van der Waals surface area contributed by atoms with E-state index < -0.39 is 0 Å². The normalized spacial score (nSPS) is 17.8. The fraction of sp³-hybridized carbons (Fsp3) is 0.474. The Morgan fingerprint density at radius 2 is 2.12 bits per heavy atom. The third-order valence-electron chi connectivity index (χ3n) is 4.44. The number of rotatable bonds is 7. The Balaban J connectivity index is 1.39. The van der Waals surface area contributed by atoms with E-state index >= 15 is 0 Å². The van der Waals surface area contributed by atoms with E-state index in [2.05, 4.69) is 29.4 Å². The first kappa shape index (κ1) is 16.7. The molecule has 1 atom stereocenters. The quantitative estimate of drug-likeness (QED) is 0.785. The molecule has 2 heterocycles. The van der Waals surface area contributed by atoms with Gasteiger partial charge in [0.1, 0.15) is 0 Å². The summed E-state index contributed by atoms with van der Waals surface area (Å²) in [4.78, 5) is 14.3. The lowest BCUT2D eigenvalue weighted by molar-refractivity contribution is -0.139. The zero-order chi connectivity index (χ0) is 16.6. The van der Waals surface area contributed by atoms with Gasteiger partial charge in [0, 0.05) is 38.4 Å². The molecule has 1 aromatic carbocycles. The highest BCUT2D eigenvalue weighted by Gasteiger charge is 2.23. The van der Waals surface area contributed by atoms with Crippen LogP contribution < -0.4 is 0 Å². The fourth-order valence-corrected chi connectivity index (χ4v) is 3.10. The number of aromatic nitrogens is 2. The third kappa shape index (κ3) is 4.93. The molecule has 0 saturated carbocycles. The van der Waals surface area contributed by atoms with E-state index in [-0.39, 0.29) is 12.0 Å². The highest BCUT2D eigenvalue weighted by atomic mass is 16.5. The van der Waals surface area contributed by atoms with Crippen LogP contribution in [0.4, 0.5) is 0 Å². The summed E-state index contributed by atoms with van der Waals surface area (Å²) in [5, 5.41) is 4.14. The first-order chi connectivity index (χ1) is 11.8. The minimum absolute atomic E-state index is 0.163. The summed E-state index contributed by atoms with van der Waals surface area (Å²) in [6.07, 6.45) is 7.44. The second-order valence-corrected chi connectivity index (χ2v) is 6.23. The molecule has 24 heavy (non-hydrogen) atoms. The minimum Gasteiger partial charge on any atom is -0.375 e. The summed E-state index contributed by atoms with van der Waals surface area (Å²) < 4.78 is 7.64. The third-order valence-corrected chi connectivity index (χ3v) is 4.44. The fourth-order valence-electron chi connectivity index (χ4n) is 3.10. The van der Waals surface area contributed by atoms with Gasteiger partial charge in [-0.05, 0) is 30.9 Å². The van der Waals surface area contributed by atoms with Crippen molar-refractivity contribution in [2.45, 2.75) is 38.3 Å². The van der Waals surface area contributed by atoms with E-state index in [0.29, 0.717) is 32.7 Å². The molecule has 1 unspecified atom stereocenters.